The van der Waals surface area contributed by atoms with E-state index in [0.29, 0.717) is 5.75 Å². The van der Waals surface area contributed by atoms with E-state index in [4.69, 9.17) is 4.74 Å². The number of hydrogen-bond donors (Lipinski definition) is 0. The van der Waals surface area contributed by atoms with Crippen molar-refractivity contribution in [2.75, 3.05) is 0 Å². The Kier molecular flexibility index (Phi) is 4.18. The van der Waals surface area contributed by atoms with Crippen LogP contribution in [0.25, 0.3) is 6.08 Å². The van der Waals surface area contributed by atoms with Gasteiger partial charge < -0.3 is 4.74 Å². The summed E-state index contributed by atoms with van der Waals surface area (Å²) in [6.07, 6.45) is 5.30. The van der Waals surface area contributed by atoms with Gasteiger partial charge in [-0.05, 0) is 40.8 Å². The first kappa shape index (κ1) is 16.3. The van der Waals surface area contributed by atoms with Gasteiger partial charge in [0.15, 0.2) is 0 Å². The molecule has 1 aliphatic carbocycles. The zero-order chi connectivity index (χ0) is 18.0. The fourth-order valence-electron chi connectivity index (χ4n) is 3.75. The number of carbonyl (C=O) groups excluding carboxylic acids is 1. The number of rotatable bonds is 3. The Hall–Kier alpha value is -3.13. The maximum absolute atomic E-state index is 11.3. The molecule has 0 saturated carbocycles. The lowest BCUT2D eigenvalue weighted by Gasteiger charge is -2.35. The van der Waals surface area contributed by atoms with E-state index in [0.717, 1.165) is 6.42 Å². The number of hydrogen-bond acceptors (Lipinski definition) is 2. The molecule has 4 rings (SSSR count). The molecule has 0 saturated heterocycles. The quantitative estimate of drug-likeness (QED) is 0.486. The molecule has 0 radical (unpaired) electrons. The van der Waals surface area contributed by atoms with E-state index in [2.05, 4.69) is 60.7 Å². The summed E-state index contributed by atoms with van der Waals surface area (Å²) >= 11 is 0. The van der Waals surface area contributed by atoms with Crippen LogP contribution >= 0.6 is 0 Å². The Balaban J connectivity index is 1.84. The van der Waals surface area contributed by atoms with Crippen molar-refractivity contribution in [3.05, 3.63) is 107 Å². The van der Waals surface area contributed by atoms with Gasteiger partial charge in [-0.15, -0.1) is 0 Å². The van der Waals surface area contributed by atoms with E-state index in [9.17, 15) is 4.79 Å². The van der Waals surface area contributed by atoms with Gasteiger partial charge in [0.05, 0.1) is 0 Å². The highest BCUT2D eigenvalue weighted by molar-refractivity contribution is 5.70. The van der Waals surface area contributed by atoms with E-state index in [1.165, 1.54) is 29.2 Å². The van der Waals surface area contributed by atoms with Crippen LogP contribution in [0.15, 0.2) is 84.9 Å². The van der Waals surface area contributed by atoms with Crippen LogP contribution in [0.1, 0.15) is 29.2 Å². The van der Waals surface area contributed by atoms with Gasteiger partial charge in [-0.3, -0.25) is 4.79 Å². The Labute approximate surface area is 153 Å². The predicted octanol–water partition coefficient (Wildman–Crippen LogP) is 5.17. The highest BCUT2D eigenvalue weighted by Crippen LogP contribution is 2.42. The van der Waals surface area contributed by atoms with Crippen LogP contribution in [0, 0.1) is 0 Å². The number of benzene rings is 3. The first-order chi connectivity index (χ1) is 12.7. The molecule has 1 aliphatic rings. The van der Waals surface area contributed by atoms with Crippen molar-refractivity contribution in [1.29, 1.82) is 0 Å². The maximum atomic E-state index is 11.3. The third-order valence-electron chi connectivity index (χ3n) is 4.97. The first-order valence-corrected chi connectivity index (χ1v) is 8.79. The highest BCUT2D eigenvalue weighted by atomic mass is 16.5. The summed E-state index contributed by atoms with van der Waals surface area (Å²) in [6.45, 7) is 1.43. The Bertz CT molecular complexity index is 917. The van der Waals surface area contributed by atoms with Crippen molar-refractivity contribution >= 4 is 12.0 Å². The van der Waals surface area contributed by atoms with Gasteiger partial charge in [-0.2, -0.15) is 0 Å². The number of allylic oxidation sites excluding steroid dienone is 1. The van der Waals surface area contributed by atoms with E-state index in [-0.39, 0.29) is 11.4 Å². The summed E-state index contributed by atoms with van der Waals surface area (Å²) in [5, 5.41) is 0. The monoisotopic (exact) mass is 340 g/mol. The Morgan fingerprint density at radius 3 is 2.08 bits per heavy atom. The van der Waals surface area contributed by atoms with Crippen molar-refractivity contribution < 1.29 is 9.53 Å². The zero-order valence-electron chi connectivity index (χ0n) is 14.7. The molecule has 0 N–H and O–H groups in total. The molecule has 0 atom stereocenters. The molecule has 2 heteroatoms. The van der Waals surface area contributed by atoms with Crippen LogP contribution in [0.3, 0.4) is 0 Å². The van der Waals surface area contributed by atoms with Crippen molar-refractivity contribution in [2.24, 2.45) is 0 Å². The molecule has 0 heterocycles. The molecule has 26 heavy (non-hydrogen) atoms. The first-order valence-electron chi connectivity index (χ1n) is 8.79. The smallest absolute Gasteiger partial charge is 0.308 e. The van der Waals surface area contributed by atoms with Gasteiger partial charge >= 0.3 is 5.97 Å². The molecule has 0 fully saturated rings. The second kappa shape index (κ2) is 6.64. The summed E-state index contributed by atoms with van der Waals surface area (Å²) in [5.41, 5.74) is 4.63. The number of carbonyl (C=O) groups is 1. The van der Waals surface area contributed by atoms with Crippen LogP contribution in [-0.2, 0) is 16.6 Å². The van der Waals surface area contributed by atoms with Crippen molar-refractivity contribution in [1.82, 2.24) is 0 Å². The Morgan fingerprint density at radius 1 is 0.885 bits per heavy atom. The lowest BCUT2D eigenvalue weighted by molar-refractivity contribution is -0.131. The van der Waals surface area contributed by atoms with Gasteiger partial charge in [0.1, 0.15) is 5.75 Å². The molecule has 3 aromatic rings. The van der Waals surface area contributed by atoms with Gasteiger partial charge in [0.25, 0.3) is 0 Å². The highest BCUT2D eigenvalue weighted by Gasteiger charge is 2.34. The van der Waals surface area contributed by atoms with Crippen LogP contribution in [0.4, 0.5) is 0 Å². The third kappa shape index (κ3) is 2.95. The predicted molar refractivity (Wildman–Crippen MR) is 104 cm³/mol. The lowest BCUT2D eigenvalue weighted by Crippen LogP contribution is -2.30. The second-order valence-corrected chi connectivity index (χ2v) is 6.67. The number of ether oxygens (including phenoxy) is 1. The minimum absolute atomic E-state index is 0.232. The van der Waals surface area contributed by atoms with E-state index in [1.54, 1.807) is 0 Å². The van der Waals surface area contributed by atoms with E-state index in [1.807, 2.05) is 30.3 Å². The Morgan fingerprint density at radius 2 is 1.50 bits per heavy atom. The topological polar surface area (TPSA) is 26.3 Å². The van der Waals surface area contributed by atoms with Gasteiger partial charge in [-0.25, -0.2) is 0 Å². The molecule has 3 aromatic carbocycles. The molecular formula is C24H20O2. The fraction of sp³-hybridized carbons (Fsp3) is 0.125. The van der Waals surface area contributed by atoms with Crippen molar-refractivity contribution in [3.8, 4) is 5.75 Å². The van der Waals surface area contributed by atoms with Crippen molar-refractivity contribution in [2.45, 2.75) is 18.8 Å². The average Bonchev–Trinajstić information content (AvgIpc) is 2.68. The minimum atomic E-state index is -0.298. The van der Waals surface area contributed by atoms with Gasteiger partial charge in [-0.1, -0.05) is 78.9 Å². The second-order valence-electron chi connectivity index (χ2n) is 6.67. The van der Waals surface area contributed by atoms with Crippen molar-refractivity contribution in [3.63, 3.8) is 0 Å². The molecule has 2 nitrogen and oxygen atoms in total. The van der Waals surface area contributed by atoms with Crippen LogP contribution in [-0.4, -0.2) is 5.97 Å². The molecular weight excluding hydrogens is 320 g/mol. The van der Waals surface area contributed by atoms with Crippen LogP contribution in [0.5, 0.6) is 5.75 Å². The molecule has 128 valence electrons. The molecule has 0 aliphatic heterocycles. The number of esters is 1. The fourth-order valence-corrected chi connectivity index (χ4v) is 3.75. The maximum Gasteiger partial charge on any atom is 0.308 e. The third-order valence-corrected chi connectivity index (χ3v) is 4.97. The van der Waals surface area contributed by atoms with Crippen LogP contribution in [0.2, 0.25) is 0 Å². The van der Waals surface area contributed by atoms with E-state index < -0.39 is 0 Å². The molecule has 0 unspecified atom stereocenters. The summed E-state index contributed by atoms with van der Waals surface area (Å²) in [4.78, 5) is 11.3. The summed E-state index contributed by atoms with van der Waals surface area (Å²) in [5.74, 6) is 0.301. The molecule has 0 amide bonds. The number of fused-ring (bicyclic) bond motifs is 1. The normalized spacial score (nSPS) is 14.5. The zero-order valence-corrected chi connectivity index (χ0v) is 14.7. The molecule has 0 spiro atoms. The summed E-state index contributed by atoms with van der Waals surface area (Å²) in [6, 6.07) is 27.0. The van der Waals surface area contributed by atoms with Gasteiger partial charge in [0.2, 0.25) is 0 Å². The van der Waals surface area contributed by atoms with Crippen LogP contribution < -0.4 is 4.74 Å². The SMILES string of the molecule is CC(=O)Oc1ccc2c(c1)CC(c1ccccc1)(c1ccccc1)C=C2. The summed E-state index contributed by atoms with van der Waals surface area (Å²) in [7, 11) is 0. The minimum Gasteiger partial charge on any atom is -0.427 e. The largest absolute Gasteiger partial charge is 0.427 e. The lowest BCUT2D eigenvalue weighted by atomic mass is 9.67. The van der Waals surface area contributed by atoms with Gasteiger partial charge in [0, 0.05) is 12.3 Å². The molecule has 0 aromatic heterocycles. The summed E-state index contributed by atoms with van der Waals surface area (Å²) < 4.78 is 5.30. The average molecular weight is 340 g/mol. The standard InChI is InChI=1S/C24H20O2/c1-18(25)26-23-13-12-19-14-15-24(17-20(19)16-23,21-8-4-2-5-9-21)22-10-6-3-7-11-22/h2-16H,17H2,1H3. The van der Waals surface area contributed by atoms with E-state index >= 15 is 0 Å². The molecule has 0 bridgehead atoms.